The van der Waals surface area contributed by atoms with E-state index in [-0.39, 0.29) is 12.3 Å². The van der Waals surface area contributed by atoms with Crippen LogP contribution < -0.4 is 5.73 Å². The monoisotopic (exact) mass is 214 g/mol. The molecule has 1 fully saturated rings. The third kappa shape index (κ3) is 4.05. The van der Waals surface area contributed by atoms with E-state index in [1.807, 2.05) is 4.90 Å². The summed E-state index contributed by atoms with van der Waals surface area (Å²) in [5.41, 5.74) is 5.36. The highest BCUT2D eigenvalue weighted by molar-refractivity contribution is 7.80. The fourth-order valence-corrected chi connectivity index (χ4v) is 1.58. The highest BCUT2D eigenvalue weighted by Gasteiger charge is 2.26. The van der Waals surface area contributed by atoms with E-state index >= 15 is 0 Å². The van der Waals surface area contributed by atoms with E-state index in [1.54, 1.807) is 0 Å². The first-order valence-corrected chi connectivity index (χ1v) is 5.60. The number of hydrogen-bond donors (Lipinski definition) is 1. The Morgan fingerprint density at radius 1 is 1.57 bits per heavy atom. The van der Waals surface area contributed by atoms with Crippen molar-refractivity contribution in [1.82, 2.24) is 4.90 Å². The van der Waals surface area contributed by atoms with Gasteiger partial charge in [-0.2, -0.15) is 0 Å². The predicted molar refractivity (Wildman–Crippen MR) is 61.0 cm³/mol. The molecule has 1 rings (SSSR count). The number of thiocarbonyl (C=S) groups is 1. The van der Waals surface area contributed by atoms with Crippen molar-refractivity contribution in [2.24, 2.45) is 11.7 Å². The van der Waals surface area contributed by atoms with Crippen molar-refractivity contribution < 1.29 is 4.79 Å². The van der Waals surface area contributed by atoms with Gasteiger partial charge in [0.2, 0.25) is 5.91 Å². The topological polar surface area (TPSA) is 46.3 Å². The second kappa shape index (κ2) is 5.29. The third-order valence-corrected chi connectivity index (χ3v) is 2.49. The highest BCUT2D eigenvalue weighted by Crippen LogP contribution is 2.29. The molecule has 0 heterocycles. The molecule has 0 aliphatic heterocycles. The van der Waals surface area contributed by atoms with Crippen molar-refractivity contribution in [1.29, 1.82) is 0 Å². The summed E-state index contributed by atoms with van der Waals surface area (Å²) >= 11 is 4.73. The van der Waals surface area contributed by atoms with Crippen molar-refractivity contribution >= 4 is 23.1 Å². The summed E-state index contributed by atoms with van der Waals surface area (Å²) in [6.07, 6.45) is 3.75. The Balaban J connectivity index is 2.38. The van der Waals surface area contributed by atoms with Gasteiger partial charge in [0, 0.05) is 13.1 Å². The summed E-state index contributed by atoms with van der Waals surface area (Å²) in [5.74, 6) is 0.822. The van der Waals surface area contributed by atoms with Crippen LogP contribution in [0.4, 0.5) is 0 Å². The fraction of sp³-hybridized carbons (Fsp3) is 0.800. The number of carbonyl (C=O) groups excluding carboxylic acids is 1. The number of rotatable bonds is 6. The van der Waals surface area contributed by atoms with E-state index in [1.165, 1.54) is 12.8 Å². The zero-order chi connectivity index (χ0) is 10.6. The molecule has 1 aliphatic carbocycles. The smallest absolute Gasteiger partial charge is 0.229 e. The van der Waals surface area contributed by atoms with Crippen LogP contribution in [0.3, 0.4) is 0 Å². The molecule has 0 saturated heterocycles. The second-order valence-electron chi connectivity index (χ2n) is 3.93. The van der Waals surface area contributed by atoms with Gasteiger partial charge in [-0.3, -0.25) is 4.79 Å². The lowest BCUT2D eigenvalue weighted by Crippen LogP contribution is -2.35. The highest BCUT2D eigenvalue weighted by atomic mass is 32.1. The summed E-state index contributed by atoms with van der Waals surface area (Å²) < 4.78 is 0. The molecular weight excluding hydrogens is 196 g/mol. The first-order chi connectivity index (χ1) is 6.63. The Bertz CT molecular complexity index is 226. The molecule has 1 saturated carbocycles. The van der Waals surface area contributed by atoms with Gasteiger partial charge in [-0.1, -0.05) is 19.1 Å². The van der Waals surface area contributed by atoms with Gasteiger partial charge in [-0.15, -0.1) is 0 Å². The summed E-state index contributed by atoms with van der Waals surface area (Å²) in [6, 6.07) is 0. The number of nitrogens with two attached hydrogens (primary N) is 1. The van der Waals surface area contributed by atoms with E-state index in [0.29, 0.717) is 4.99 Å². The van der Waals surface area contributed by atoms with Crippen LogP contribution in [0.15, 0.2) is 0 Å². The van der Waals surface area contributed by atoms with E-state index in [9.17, 15) is 4.79 Å². The molecule has 1 amide bonds. The van der Waals surface area contributed by atoms with Crippen molar-refractivity contribution in [2.45, 2.75) is 32.6 Å². The molecule has 2 N–H and O–H groups in total. The molecule has 0 atom stereocenters. The SMILES string of the molecule is CCCN(CC1CC1)C(=O)CC(N)=S. The van der Waals surface area contributed by atoms with Gasteiger partial charge in [0.1, 0.15) is 0 Å². The number of nitrogens with zero attached hydrogens (tertiary/aromatic N) is 1. The minimum atomic E-state index is 0.0891. The zero-order valence-electron chi connectivity index (χ0n) is 8.66. The van der Waals surface area contributed by atoms with E-state index in [4.69, 9.17) is 18.0 Å². The van der Waals surface area contributed by atoms with Gasteiger partial charge < -0.3 is 10.6 Å². The first kappa shape index (κ1) is 11.4. The van der Waals surface area contributed by atoms with Crippen LogP contribution >= 0.6 is 12.2 Å². The van der Waals surface area contributed by atoms with Crippen molar-refractivity contribution in [3.63, 3.8) is 0 Å². The molecule has 0 unspecified atom stereocenters. The minimum Gasteiger partial charge on any atom is -0.393 e. The van der Waals surface area contributed by atoms with Gasteiger partial charge >= 0.3 is 0 Å². The predicted octanol–water partition coefficient (Wildman–Crippen LogP) is 1.31. The summed E-state index contributed by atoms with van der Waals surface area (Å²) in [4.78, 5) is 13.9. The van der Waals surface area contributed by atoms with Gasteiger partial charge in [0.05, 0.1) is 11.4 Å². The van der Waals surface area contributed by atoms with Gasteiger partial charge in [0.25, 0.3) is 0 Å². The lowest BCUT2D eigenvalue weighted by Gasteiger charge is -2.21. The van der Waals surface area contributed by atoms with Crippen LogP contribution in [0.2, 0.25) is 0 Å². The van der Waals surface area contributed by atoms with Crippen LogP contribution in [0.5, 0.6) is 0 Å². The molecule has 0 aromatic carbocycles. The Kier molecular flexibility index (Phi) is 4.32. The quantitative estimate of drug-likeness (QED) is 0.678. The van der Waals surface area contributed by atoms with Gasteiger partial charge in [-0.05, 0) is 25.2 Å². The molecule has 14 heavy (non-hydrogen) atoms. The average Bonchev–Trinajstić information content (AvgIpc) is 2.86. The standard InChI is InChI=1S/C10H18N2OS/c1-2-5-12(7-8-3-4-8)10(13)6-9(11)14/h8H,2-7H2,1H3,(H2,11,14). The van der Waals surface area contributed by atoms with Gasteiger partial charge in [0.15, 0.2) is 0 Å². The summed E-state index contributed by atoms with van der Waals surface area (Å²) in [6.45, 7) is 3.81. The van der Waals surface area contributed by atoms with Crippen molar-refractivity contribution in [2.75, 3.05) is 13.1 Å². The Hall–Kier alpha value is -0.640. The molecule has 4 heteroatoms. The molecule has 0 aromatic heterocycles. The molecule has 0 radical (unpaired) electrons. The molecule has 1 aliphatic rings. The lowest BCUT2D eigenvalue weighted by molar-refractivity contribution is -0.130. The maximum Gasteiger partial charge on any atom is 0.229 e. The molecule has 0 spiro atoms. The van der Waals surface area contributed by atoms with Crippen LogP contribution in [0.1, 0.15) is 32.6 Å². The Morgan fingerprint density at radius 3 is 2.64 bits per heavy atom. The van der Waals surface area contributed by atoms with Crippen LogP contribution in [-0.2, 0) is 4.79 Å². The number of carbonyl (C=O) groups is 1. The maximum absolute atomic E-state index is 11.7. The van der Waals surface area contributed by atoms with E-state index < -0.39 is 0 Å². The van der Waals surface area contributed by atoms with Crippen molar-refractivity contribution in [3.05, 3.63) is 0 Å². The summed E-state index contributed by atoms with van der Waals surface area (Å²) in [5, 5.41) is 0. The Labute approximate surface area is 90.6 Å². The largest absolute Gasteiger partial charge is 0.393 e. The van der Waals surface area contributed by atoms with Crippen LogP contribution in [0.25, 0.3) is 0 Å². The van der Waals surface area contributed by atoms with Gasteiger partial charge in [-0.25, -0.2) is 0 Å². The zero-order valence-corrected chi connectivity index (χ0v) is 9.48. The lowest BCUT2D eigenvalue weighted by atomic mass is 10.3. The average molecular weight is 214 g/mol. The normalized spacial score (nSPS) is 15.2. The fourth-order valence-electron chi connectivity index (χ4n) is 1.46. The van der Waals surface area contributed by atoms with Crippen LogP contribution in [-0.4, -0.2) is 28.9 Å². The van der Waals surface area contributed by atoms with E-state index in [2.05, 4.69) is 6.92 Å². The summed E-state index contributed by atoms with van der Waals surface area (Å²) in [7, 11) is 0. The Morgan fingerprint density at radius 2 is 2.21 bits per heavy atom. The first-order valence-electron chi connectivity index (χ1n) is 5.19. The second-order valence-corrected chi connectivity index (χ2v) is 4.45. The molecule has 0 aromatic rings. The van der Waals surface area contributed by atoms with Crippen molar-refractivity contribution in [3.8, 4) is 0 Å². The number of hydrogen-bond acceptors (Lipinski definition) is 2. The molecule has 80 valence electrons. The van der Waals surface area contributed by atoms with E-state index in [0.717, 1.165) is 25.4 Å². The molecule has 3 nitrogen and oxygen atoms in total. The third-order valence-electron chi connectivity index (χ3n) is 2.35. The maximum atomic E-state index is 11.7. The minimum absolute atomic E-state index is 0.0891. The molecule has 0 bridgehead atoms. The molecular formula is C10H18N2OS. The number of amides is 1. The van der Waals surface area contributed by atoms with Crippen LogP contribution in [0, 0.1) is 5.92 Å².